The molecule has 1 aromatic heterocycles. The molecule has 5 rings (SSSR count). The molecule has 5 nitrogen and oxygen atoms in total. The Morgan fingerprint density at radius 2 is 1.71 bits per heavy atom. The monoisotopic (exact) mass is 537 g/mol. The molecule has 2 N–H and O–H groups in total. The Labute approximate surface area is 230 Å². The van der Waals surface area contributed by atoms with Crippen LogP contribution in [0.2, 0.25) is 0 Å². The van der Waals surface area contributed by atoms with Gasteiger partial charge in [0.05, 0.1) is 10.9 Å². The van der Waals surface area contributed by atoms with Crippen molar-refractivity contribution in [2.45, 2.75) is 30.4 Å². The molecular weight excluding hydrogens is 510 g/mol. The van der Waals surface area contributed by atoms with Gasteiger partial charge in [-0.05, 0) is 60.5 Å². The molecule has 2 amide bonds. The van der Waals surface area contributed by atoms with Crippen LogP contribution in [0.3, 0.4) is 0 Å². The molecule has 190 valence electrons. The van der Waals surface area contributed by atoms with Gasteiger partial charge in [0, 0.05) is 27.1 Å². The van der Waals surface area contributed by atoms with E-state index < -0.39 is 0 Å². The summed E-state index contributed by atoms with van der Waals surface area (Å²) in [5.41, 5.74) is 4.20. The number of nitrogens with zero attached hydrogens (tertiary/aromatic N) is 1. The second kappa shape index (κ2) is 11.6. The maximum atomic E-state index is 13.1. The average Bonchev–Trinajstić information content (AvgIpc) is 3.40. The van der Waals surface area contributed by atoms with E-state index in [4.69, 9.17) is 0 Å². The average molecular weight is 538 g/mol. The van der Waals surface area contributed by atoms with Crippen molar-refractivity contribution in [3.8, 4) is 11.3 Å². The fourth-order valence-electron chi connectivity index (χ4n) is 4.12. The van der Waals surface area contributed by atoms with E-state index in [2.05, 4.69) is 45.9 Å². The minimum atomic E-state index is -0.300. The Bertz CT molecular complexity index is 1610. The van der Waals surface area contributed by atoms with Crippen LogP contribution in [-0.4, -0.2) is 22.0 Å². The number of fused-ring (bicyclic) bond motifs is 1. The van der Waals surface area contributed by atoms with E-state index in [0.29, 0.717) is 22.8 Å². The van der Waals surface area contributed by atoms with Crippen molar-refractivity contribution in [3.05, 3.63) is 108 Å². The molecule has 1 unspecified atom stereocenters. The van der Waals surface area contributed by atoms with Gasteiger partial charge in [-0.1, -0.05) is 67.1 Å². The van der Waals surface area contributed by atoms with Crippen LogP contribution in [-0.2, 0) is 4.79 Å². The first-order chi connectivity index (χ1) is 18.5. The molecule has 1 heterocycles. The van der Waals surface area contributed by atoms with Gasteiger partial charge in [0.1, 0.15) is 0 Å². The van der Waals surface area contributed by atoms with Crippen LogP contribution in [0.5, 0.6) is 0 Å². The first-order valence-corrected chi connectivity index (χ1v) is 14.1. The third kappa shape index (κ3) is 6.13. The standard InChI is InChI=1S/C31H27N3O2S2/c1-3-28(38-26-13-7-12-25(18-26)32-29(35)24-11-6-8-20(2)16-24)30(36)34-31-33-27(19-37-31)23-15-14-21-9-4-5-10-22(21)17-23/h4-19,28H,3H2,1-2H3,(H,32,35)(H,33,34,36). The highest BCUT2D eigenvalue weighted by molar-refractivity contribution is 8.00. The molecule has 0 aliphatic heterocycles. The highest BCUT2D eigenvalue weighted by Gasteiger charge is 2.20. The Morgan fingerprint density at radius 1 is 0.895 bits per heavy atom. The minimum absolute atomic E-state index is 0.0916. The number of carbonyl (C=O) groups excluding carboxylic acids is 2. The van der Waals surface area contributed by atoms with E-state index in [-0.39, 0.29) is 17.1 Å². The molecule has 0 saturated heterocycles. The van der Waals surface area contributed by atoms with Crippen molar-refractivity contribution in [2.24, 2.45) is 0 Å². The van der Waals surface area contributed by atoms with Gasteiger partial charge in [-0.2, -0.15) is 0 Å². The maximum absolute atomic E-state index is 13.1. The highest BCUT2D eigenvalue weighted by Crippen LogP contribution is 2.31. The van der Waals surface area contributed by atoms with Gasteiger partial charge in [0.15, 0.2) is 5.13 Å². The van der Waals surface area contributed by atoms with Crippen LogP contribution in [0.4, 0.5) is 10.8 Å². The van der Waals surface area contributed by atoms with Crippen LogP contribution in [0.1, 0.15) is 29.3 Å². The van der Waals surface area contributed by atoms with Crippen LogP contribution < -0.4 is 10.6 Å². The van der Waals surface area contributed by atoms with Gasteiger partial charge in [-0.15, -0.1) is 23.1 Å². The maximum Gasteiger partial charge on any atom is 0.255 e. The van der Waals surface area contributed by atoms with Crippen molar-refractivity contribution >= 4 is 56.5 Å². The molecule has 4 aromatic carbocycles. The molecule has 0 radical (unpaired) electrons. The Kier molecular flexibility index (Phi) is 7.86. The van der Waals surface area contributed by atoms with Gasteiger partial charge < -0.3 is 10.6 Å². The summed E-state index contributed by atoms with van der Waals surface area (Å²) in [6.07, 6.45) is 0.652. The Hall–Kier alpha value is -3.94. The van der Waals surface area contributed by atoms with E-state index in [0.717, 1.165) is 27.1 Å². The van der Waals surface area contributed by atoms with Crippen LogP contribution >= 0.6 is 23.1 Å². The smallest absolute Gasteiger partial charge is 0.255 e. The normalized spacial score (nSPS) is 11.7. The van der Waals surface area contributed by atoms with Gasteiger partial charge in [0.2, 0.25) is 5.91 Å². The summed E-state index contributed by atoms with van der Waals surface area (Å²) in [6.45, 7) is 3.95. The number of hydrogen-bond donors (Lipinski definition) is 2. The minimum Gasteiger partial charge on any atom is -0.322 e. The quantitative estimate of drug-likeness (QED) is 0.197. The van der Waals surface area contributed by atoms with Crippen molar-refractivity contribution in [3.63, 3.8) is 0 Å². The molecule has 0 fully saturated rings. The van der Waals surface area contributed by atoms with E-state index in [9.17, 15) is 9.59 Å². The summed E-state index contributed by atoms with van der Waals surface area (Å²) >= 11 is 2.89. The molecular formula is C31H27N3O2S2. The summed E-state index contributed by atoms with van der Waals surface area (Å²) in [5, 5.41) is 10.5. The van der Waals surface area contributed by atoms with E-state index in [1.807, 2.05) is 73.8 Å². The van der Waals surface area contributed by atoms with Crippen molar-refractivity contribution in [1.29, 1.82) is 0 Å². The summed E-state index contributed by atoms with van der Waals surface area (Å²) in [6, 6.07) is 29.5. The first-order valence-electron chi connectivity index (χ1n) is 12.4. The Morgan fingerprint density at radius 3 is 2.53 bits per heavy atom. The molecule has 5 aromatic rings. The number of aromatic nitrogens is 1. The zero-order valence-corrected chi connectivity index (χ0v) is 22.7. The van der Waals surface area contributed by atoms with Crippen molar-refractivity contribution in [2.75, 3.05) is 10.6 Å². The number of rotatable bonds is 8. The molecule has 0 saturated carbocycles. The van der Waals surface area contributed by atoms with E-state index in [1.165, 1.54) is 28.5 Å². The van der Waals surface area contributed by atoms with Crippen LogP contribution in [0.25, 0.3) is 22.0 Å². The predicted molar refractivity (Wildman–Crippen MR) is 159 cm³/mol. The summed E-state index contributed by atoms with van der Waals surface area (Å²) in [5.74, 6) is -0.252. The zero-order chi connectivity index (χ0) is 26.5. The van der Waals surface area contributed by atoms with Gasteiger partial charge in [-0.25, -0.2) is 4.98 Å². The number of thioether (sulfide) groups is 1. The van der Waals surface area contributed by atoms with Crippen LogP contribution in [0.15, 0.2) is 101 Å². The van der Waals surface area contributed by atoms with E-state index in [1.54, 1.807) is 6.07 Å². The highest BCUT2D eigenvalue weighted by atomic mass is 32.2. The number of amides is 2. The summed E-state index contributed by atoms with van der Waals surface area (Å²) in [4.78, 5) is 31.3. The molecule has 0 bridgehead atoms. The van der Waals surface area contributed by atoms with Crippen molar-refractivity contribution in [1.82, 2.24) is 4.98 Å². The predicted octanol–water partition coefficient (Wildman–Crippen LogP) is 8.03. The number of thiazole rings is 1. The molecule has 7 heteroatoms. The molecule has 1 atom stereocenters. The number of carbonyl (C=O) groups is 2. The SMILES string of the molecule is CCC(Sc1cccc(NC(=O)c2cccc(C)c2)c1)C(=O)Nc1nc(-c2ccc3ccccc3c2)cs1. The van der Waals surface area contributed by atoms with Gasteiger partial charge in [-0.3, -0.25) is 9.59 Å². The number of benzene rings is 4. The largest absolute Gasteiger partial charge is 0.322 e. The second-order valence-corrected chi connectivity index (χ2v) is 11.1. The van der Waals surface area contributed by atoms with Gasteiger partial charge >= 0.3 is 0 Å². The number of anilines is 2. The zero-order valence-electron chi connectivity index (χ0n) is 21.1. The van der Waals surface area contributed by atoms with Crippen molar-refractivity contribution < 1.29 is 9.59 Å². The lowest BCUT2D eigenvalue weighted by Gasteiger charge is -2.14. The van der Waals surface area contributed by atoms with Gasteiger partial charge in [0.25, 0.3) is 5.91 Å². The first kappa shape index (κ1) is 25.7. The molecule has 0 spiro atoms. The molecule has 0 aliphatic rings. The lowest BCUT2D eigenvalue weighted by molar-refractivity contribution is -0.115. The Balaban J connectivity index is 1.23. The van der Waals surface area contributed by atoms with Crippen LogP contribution in [0, 0.1) is 6.92 Å². The fourth-order valence-corrected chi connectivity index (χ4v) is 5.86. The second-order valence-electron chi connectivity index (χ2n) is 8.96. The number of hydrogen-bond acceptors (Lipinski definition) is 5. The number of nitrogens with one attached hydrogen (secondary N) is 2. The lowest BCUT2D eigenvalue weighted by atomic mass is 10.1. The lowest BCUT2D eigenvalue weighted by Crippen LogP contribution is -2.24. The topological polar surface area (TPSA) is 71.1 Å². The molecule has 38 heavy (non-hydrogen) atoms. The summed E-state index contributed by atoms with van der Waals surface area (Å²) in [7, 11) is 0. The fraction of sp³-hybridized carbons (Fsp3) is 0.129. The third-order valence-electron chi connectivity index (χ3n) is 6.09. The third-order valence-corrected chi connectivity index (χ3v) is 8.21. The molecule has 0 aliphatic carbocycles. The summed E-state index contributed by atoms with van der Waals surface area (Å²) < 4.78 is 0. The number of aryl methyl sites for hydroxylation is 1. The van der Waals surface area contributed by atoms with E-state index >= 15 is 0 Å².